The minimum absolute atomic E-state index is 0.209. The first-order valence-corrected chi connectivity index (χ1v) is 7.55. The van der Waals surface area contributed by atoms with Gasteiger partial charge in [-0.15, -0.1) is 11.3 Å². The van der Waals surface area contributed by atoms with Gasteiger partial charge in [0.25, 0.3) is 0 Å². The van der Waals surface area contributed by atoms with E-state index in [-0.39, 0.29) is 6.10 Å². The molecule has 1 N–H and O–H groups in total. The Morgan fingerprint density at radius 2 is 2.17 bits per heavy atom. The Bertz CT molecular complexity index is 405. The minimum atomic E-state index is -0.867. The fourth-order valence-electron chi connectivity index (χ4n) is 2.39. The van der Waals surface area contributed by atoms with Crippen molar-refractivity contribution in [3.8, 4) is 5.75 Å². The summed E-state index contributed by atoms with van der Waals surface area (Å²) in [5.41, 5.74) is 0. The second-order valence-corrected chi connectivity index (χ2v) is 5.98. The molecule has 1 aromatic rings. The van der Waals surface area contributed by atoms with Crippen molar-refractivity contribution in [3.05, 3.63) is 15.8 Å². The fraction of sp³-hybridized carbons (Fsp3) is 0.643. The van der Waals surface area contributed by atoms with Crippen LogP contribution in [0, 0.1) is 0 Å². The minimum Gasteiger partial charge on any atom is -0.489 e. The van der Waals surface area contributed by atoms with E-state index in [0.29, 0.717) is 10.6 Å². The Morgan fingerprint density at radius 1 is 1.44 bits per heavy atom. The van der Waals surface area contributed by atoms with E-state index in [0.717, 1.165) is 30.6 Å². The summed E-state index contributed by atoms with van der Waals surface area (Å²) in [6, 6.07) is 1.92. The third-order valence-corrected chi connectivity index (χ3v) is 4.45. The van der Waals surface area contributed by atoms with Gasteiger partial charge in [0, 0.05) is 4.88 Å². The molecule has 0 aliphatic heterocycles. The summed E-state index contributed by atoms with van der Waals surface area (Å²) in [6.07, 6.45) is 7.94. The average Bonchev–Trinajstić information content (AvgIpc) is 2.74. The van der Waals surface area contributed by atoms with Gasteiger partial charge in [-0.2, -0.15) is 0 Å². The number of rotatable bonds is 5. The quantitative estimate of drug-likeness (QED) is 0.874. The molecule has 3 nitrogen and oxygen atoms in total. The topological polar surface area (TPSA) is 46.5 Å². The number of carboxylic acids is 1. The van der Waals surface area contributed by atoms with Gasteiger partial charge in [-0.25, -0.2) is 4.79 Å². The van der Waals surface area contributed by atoms with E-state index in [4.69, 9.17) is 4.74 Å². The maximum absolute atomic E-state index is 11.2. The van der Waals surface area contributed by atoms with Crippen LogP contribution in [0.1, 0.15) is 60.0 Å². The molecule has 0 atom stereocenters. The van der Waals surface area contributed by atoms with Crippen LogP contribution in [0.4, 0.5) is 0 Å². The van der Waals surface area contributed by atoms with Crippen LogP contribution in [-0.4, -0.2) is 17.2 Å². The number of carbonyl (C=O) groups is 1. The monoisotopic (exact) mass is 268 g/mol. The zero-order chi connectivity index (χ0) is 13.0. The van der Waals surface area contributed by atoms with Crippen LogP contribution in [0.5, 0.6) is 5.75 Å². The highest BCUT2D eigenvalue weighted by atomic mass is 32.1. The van der Waals surface area contributed by atoms with Crippen LogP contribution in [0.25, 0.3) is 0 Å². The normalized spacial score (nSPS) is 16.7. The van der Waals surface area contributed by atoms with Crippen molar-refractivity contribution in [3.63, 3.8) is 0 Å². The molecule has 1 saturated carbocycles. The van der Waals surface area contributed by atoms with Crippen LogP contribution in [0.2, 0.25) is 0 Å². The van der Waals surface area contributed by atoms with Crippen molar-refractivity contribution >= 4 is 17.3 Å². The number of hydrogen-bond acceptors (Lipinski definition) is 3. The molecule has 1 aliphatic carbocycles. The third-order valence-electron chi connectivity index (χ3n) is 3.29. The van der Waals surface area contributed by atoms with E-state index in [1.54, 1.807) is 0 Å². The van der Waals surface area contributed by atoms with E-state index < -0.39 is 5.97 Å². The molecule has 0 aromatic carbocycles. The molecule has 4 heteroatoms. The molecule has 100 valence electrons. The van der Waals surface area contributed by atoms with Crippen molar-refractivity contribution in [2.45, 2.75) is 58.0 Å². The first-order chi connectivity index (χ1) is 8.70. The number of aryl methyl sites for hydroxylation is 1. The maximum atomic E-state index is 11.2. The van der Waals surface area contributed by atoms with Crippen molar-refractivity contribution in [1.29, 1.82) is 0 Å². The second-order valence-electron chi connectivity index (χ2n) is 4.84. The Morgan fingerprint density at radius 3 is 2.78 bits per heavy atom. The first-order valence-electron chi connectivity index (χ1n) is 6.73. The average molecular weight is 268 g/mol. The van der Waals surface area contributed by atoms with E-state index >= 15 is 0 Å². The lowest BCUT2D eigenvalue weighted by atomic mass is 9.98. The molecule has 0 saturated heterocycles. The summed E-state index contributed by atoms with van der Waals surface area (Å²) < 4.78 is 5.90. The lowest BCUT2D eigenvalue weighted by molar-refractivity contribution is 0.0692. The van der Waals surface area contributed by atoms with Crippen molar-refractivity contribution in [1.82, 2.24) is 0 Å². The standard InChI is InChI=1S/C14H20O3S/c1-2-6-11-9-12(13(18-11)14(15)16)17-10-7-4-3-5-8-10/h9-10H,2-8H2,1H3,(H,15,16). The molecule has 0 spiro atoms. The Kier molecular flexibility index (Phi) is 4.64. The lowest BCUT2D eigenvalue weighted by Crippen LogP contribution is -2.20. The van der Waals surface area contributed by atoms with E-state index in [2.05, 4.69) is 6.92 Å². The van der Waals surface area contributed by atoms with Crippen LogP contribution in [0.15, 0.2) is 6.07 Å². The second kappa shape index (κ2) is 6.23. The Hall–Kier alpha value is -1.03. The van der Waals surface area contributed by atoms with Crippen LogP contribution >= 0.6 is 11.3 Å². The van der Waals surface area contributed by atoms with Gasteiger partial charge in [-0.05, 0) is 38.2 Å². The van der Waals surface area contributed by atoms with Crippen molar-refractivity contribution < 1.29 is 14.6 Å². The molecule has 0 radical (unpaired) electrons. The third kappa shape index (κ3) is 3.25. The van der Waals surface area contributed by atoms with Gasteiger partial charge in [-0.1, -0.05) is 19.8 Å². The zero-order valence-electron chi connectivity index (χ0n) is 10.8. The van der Waals surface area contributed by atoms with Gasteiger partial charge in [0.05, 0.1) is 6.10 Å². The van der Waals surface area contributed by atoms with Gasteiger partial charge in [0.2, 0.25) is 0 Å². The Balaban J connectivity index is 2.11. The summed E-state index contributed by atoms with van der Waals surface area (Å²) in [5, 5.41) is 9.21. The van der Waals surface area contributed by atoms with Crippen LogP contribution < -0.4 is 4.74 Å². The number of ether oxygens (including phenoxy) is 1. The molecule has 18 heavy (non-hydrogen) atoms. The molecule has 1 fully saturated rings. The van der Waals surface area contributed by atoms with Crippen molar-refractivity contribution in [2.24, 2.45) is 0 Å². The van der Waals surface area contributed by atoms with Gasteiger partial charge in [0.15, 0.2) is 4.88 Å². The largest absolute Gasteiger partial charge is 0.489 e. The summed E-state index contributed by atoms with van der Waals surface area (Å²) in [7, 11) is 0. The maximum Gasteiger partial charge on any atom is 0.349 e. The van der Waals surface area contributed by atoms with Crippen LogP contribution in [0.3, 0.4) is 0 Å². The predicted molar refractivity (Wildman–Crippen MR) is 72.8 cm³/mol. The highest BCUT2D eigenvalue weighted by Gasteiger charge is 2.21. The highest BCUT2D eigenvalue weighted by molar-refractivity contribution is 7.14. The summed E-state index contributed by atoms with van der Waals surface area (Å²) in [5.74, 6) is -0.281. The van der Waals surface area contributed by atoms with Gasteiger partial charge >= 0.3 is 5.97 Å². The lowest BCUT2D eigenvalue weighted by Gasteiger charge is -2.22. The molecule has 1 aliphatic rings. The summed E-state index contributed by atoms with van der Waals surface area (Å²) >= 11 is 1.36. The summed E-state index contributed by atoms with van der Waals surface area (Å²) in [4.78, 5) is 12.7. The van der Waals surface area contributed by atoms with Crippen molar-refractivity contribution in [2.75, 3.05) is 0 Å². The number of carboxylic acid groups (broad SMARTS) is 1. The fourth-order valence-corrected chi connectivity index (χ4v) is 3.42. The molecule has 0 amide bonds. The molecule has 0 unspecified atom stereocenters. The van der Waals surface area contributed by atoms with E-state index in [1.807, 2.05) is 6.07 Å². The van der Waals surface area contributed by atoms with E-state index in [9.17, 15) is 9.90 Å². The molecule has 1 heterocycles. The molecule has 0 bridgehead atoms. The van der Waals surface area contributed by atoms with E-state index in [1.165, 1.54) is 30.6 Å². The van der Waals surface area contributed by atoms with Gasteiger partial charge in [-0.3, -0.25) is 0 Å². The molecular formula is C14H20O3S. The Labute approximate surface area is 112 Å². The van der Waals surface area contributed by atoms with Gasteiger partial charge in [0.1, 0.15) is 5.75 Å². The summed E-state index contributed by atoms with van der Waals surface area (Å²) in [6.45, 7) is 2.10. The zero-order valence-corrected chi connectivity index (χ0v) is 11.6. The smallest absolute Gasteiger partial charge is 0.349 e. The molecular weight excluding hydrogens is 248 g/mol. The number of thiophene rings is 1. The van der Waals surface area contributed by atoms with Crippen LogP contribution in [-0.2, 0) is 6.42 Å². The predicted octanol–water partition coefficient (Wildman–Crippen LogP) is 4.11. The van der Waals surface area contributed by atoms with Gasteiger partial charge < -0.3 is 9.84 Å². The highest BCUT2D eigenvalue weighted by Crippen LogP contribution is 2.33. The SMILES string of the molecule is CCCc1cc(OC2CCCCC2)c(C(=O)O)s1. The molecule has 1 aromatic heterocycles. The number of aromatic carboxylic acids is 1. The first kappa shape index (κ1) is 13.4. The number of hydrogen-bond donors (Lipinski definition) is 1. The molecule has 2 rings (SSSR count).